The first-order valence-electron chi connectivity index (χ1n) is 8.39. The highest BCUT2D eigenvalue weighted by molar-refractivity contribution is 5.68. The first kappa shape index (κ1) is 18.1. The average Bonchev–Trinajstić information content (AvgIpc) is 2.53. The number of nitrogens with one attached hydrogen (secondary N) is 1. The zero-order chi connectivity index (χ0) is 17.7. The number of nitriles is 1. The van der Waals surface area contributed by atoms with E-state index in [0.29, 0.717) is 11.6 Å². The molecule has 2 rings (SSSR count). The summed E-state index contributed by atoms with van der Waals surface area (Å²) < 4.78 is 5.33. The number of nitrogens with zero attached hydrogens (tertiary/aromatic N) is 3. The number of amides is 1. The Morgan fingerprint density at radius 1 is 1.50 bits per heavy atom. The van der Waals surface area contributed by atoms with Gasteiger partial charge in [-0.2, -0.15) is 5.26 Å². The molecule has 1 N–H and O–H groups in total. The van der Waals surface area contributed by atoms with Crippen molar-refractivity contribution in [2.24, 2.45) is 5.92 Å². The molecule has 0 aliphatic carbocycles. The zero-order valence-corrected chi connectivity index (χ0v) is 14.9. The van der Waals surface area contributed by atoms with Gasteiger partial charge in [0.1, 0.15) is 17.4 Å². The first-order valence-corrected chi connectivity index (χ1v) is 8.39. The Morgan fingerprint density at radius 3 is 2.83 bits per heavy atom. The van der Waals surface area contributed by atoms with Gasteiger partial charge in [-0.1, -0.05) is 0 Å². The van der Waals surface area contributed by atoms with E-state index in [9.17, 15) is 4.79 Å². The summed E-state index contributed by atoms with van der Waals surface area (Å²) in [5.41, 5.74) is 0.951. The molecule has 1 aromatic heterocycles. The predicted molar refractivity (Wildman–Crippen MR) is 92.7 cm³/mol. The quantitative estimate of drug-likeness (QED) is 0.921. The number of anilines is 1. The summed E-state index contributed by atoms with van der Waals surface area (Å²) in [4.78, 5) is 18.3. The third kappa shape index (κ3) is 5.12. The van der Waals surface area contributed by atoms with Crippen LogP contribution in [0.25, 0.3) is 0 Å². The van der Waals surface area contributed by atoms with E-state index in [0.717, 1.165) is 31.6 Å². The number of aromatic nitrogens is 1. The van der Waals surface area contributed by atoms with Crippen LogP contribution in [0.1, 0.15) is 46.2 Å². The van der Waals surface area contributed by atoms with Crippen LogP contribution in [0.15, 0.2) is 18.3 Å². The predicted octanol–water partition coefficient (Wildman–Crippen LogP) is 3.08. The van der Waals surface area contributed by atoms with Crippen LogP contribution >= 0.6 is 0 Å². The third-order valence-corrected chi connectivity index (χ3v) is 4.14. The van der Waals surface area contributed by atoms with Gasteiger partial charge in [0.2, 0.25) is 0 Å². The van der Waals surface area contributed by atoms with Crippen LogP contribution in [-0.4, -0.2) is 35.8 Å². The van der Waals surface area contributed by atoms with E-state index in [1.807, 2.05) is 39.8 Å². The Labute approximate surface area is 143 Å². The largest absolute Gasteiger partial charge is 0.444 e. The molecule has 24 heavy (non-hydrogen) atoms. The van der Waals surface area contributed by atoms with Crippen molar-refractivity contribution < 1.29 is 9.53 Å². The molecule has 1 aliphatic heterocycles. The number of ether oxygens (including phenoxy) is 1. The fourth-order valence-electron chi connectivity index (χ4n) is 2.90. The number of hydrogen-bond donors (Lipinski definition) is 1. The van der Waals surface area contributed by atoms with E-state index in [1.165, 1.54) is 0 Å². The van der Waals surface area contributed by atoms with E-state index in [2.05, 4.69) is 15.2 Å². The molecular formula is C18H26N4O2. The maximum Gasteiger partial charge on any atom is 0.407 e. The molecular weight excluding hydrogens is 304 g/mol. The molecule has 6 heteroatoms. The van der Waals surface area contributed by atoms with E-state index in [-0.39, 0.29) is 12.1 Å². The standard InChI is InChI=1S/C18H26N4O2/c1-13(21-17(23)24-18(2,3)4)14-6-5-9-22(12-14)16-8-7-15(10-19)20-11-16/h7-8,11,13-14H,5-6,9,12H2,1-4H3,(H,21,23)/t13-,14-/m1/s1. The zero-order valence-electron chi connectivity index (χ0n) is 14.9. The van der Waals surface area contributed by atoms with Crippen LogP contribution in [0.4, 0.5) is 10.5 Å². The highest BCUT2D eigenvalue weighted by atomic mass is 16.6. The lowest BCUT2D eigenvalue weighted by Gasteiger charge is -2.37. The summed E-state index contributed by atoms with van der Waals surface area (Å²) in [6.45, 7) is 9.41. The smallest absolute Gasteiger partial charge is 0.407 e. The molecule has 0 saturated carbocycles. The molecule has 130 valence electrons. The van der Waals surface area contributed by atoms with Crippen molar-refractivity contribution in [3.05, 3.63) is 24.0 Å². The van der Waals surface area contributed by atoms with Crippen LogP contribution < -0.4 is 10.2 Å². The molecule has 2 atom stereocenters. The summed E-state index contributed by atoms with van der Waals surface area (Å²) >= 11 is 0. The number of carbonyl (C=O) groups is 1. The fraction of sp³-hybridized carbons (Fsp3) is 0.611. The summed E-state index contributed by atoms with van der Waals surface area (Å²) in [5, 5.41) is 11.8. The lowest BCUT2D eigenvalue weighted by molar-refractivity contribution is 0.0489. The Hall–Kier alpha value is -2.29. The minimum Gasteiger partial charge on any atom is -0.444 e. The molecule has 0 spiro atoms. The van der Waals surface area contributed by atoms with Gasteiger partial charge in [0.25, 0.3) is 0 Å². The summed E-state index contributed by atoms with van der Waals surface area (Å²) in [7, 11) is 0. The Kier molecular flexibility index (Phi) is 5.66. The van der Waals surface area contributed by atoms with Crippen molar-refractivity contribution in [1.82, 2.24) is 10.3 Å². The van der Waals surface area contributed by atoms with Gasteiger partial charge < -0.3 is 15.0 Å². The van der Waals surface area contributed by atoms with Gasteiger partial charge in [0.05, 0.1) is 11.9 Å². The number of rotatable bonds is 3. The van der Waals surface area contributed by atoms with E-state index >= 15 is 0 Å². The monoisotopic (exact) mass is 330 g/mol. The molecule has 0 radical (unpaired) electrons. The van der Waals surface area contributed by atoms with Gasteiger partial charge in [-0.25, -0.2) is 9.78 Å². The van der Waals surface area contributed by atoms with Crippen LogP contribution in [0.3, 0.4) is 0 Å². The highest BCUT2D eigenvalue weighted by Gasteiger charge is 2.27. The fourth-order valence-corrected chi connectivity index (χ4v) is 2.90. The van der Waals surface area contributed by atoms with E-state index < -0.39 is 5.60 Å². The van der Waals surface area contributed by atoms with Crippen molar-refractivity contribution in [2.45, 2.75) is 52.2 Å². The number of carbonyl (C=O) groups excluding carboxylic acids is 1. The second-order valence-electron chi connectivity index (χ2n) is 7.30. The SMILES string of the molecule is C[C@@H](NC(=O)OC(C)(C)C)[C@@H]1CCCN(c2ccc(C#N)nc2)C1. The number of alkyl carbamates (subject to hydrolysis) is 1. The van der Waals surface area contributed by atoms with Crippen molar-refractivity contribution in [3.63, 3.8) is 0 Å². The van der Waals surface area contributed by atoms with E-state index in [1.54, 1.807) is 12.3 Å². The molecule has 1 amide bonds. The molecule has 1 saturated heterocycles. The maximum absolute atomic E-state index is 11.9. The lowest BCUT2D eigenvalue weighted by atomic mass is 9.91. The van der Waals surface area contributed by atoms with E-state index in [4.69, 9.17) is 10.00 Å². The van der Waals surface area contributed by atoms with Crippen molar-refractivity contribution in [3.8, 4) is 6.07 Å². The molecule has 1 aromatic rings. The van der Waals surface area contributed by atoms with Gasteiger partial charge in [-0.05, 0) is 58.6 Å². The minimum absolute atomic E-state index is 0.0361. The van der Waals surface area contributed by atoms with Crippen LogP contribution in [0.5, 0.6) is 0 Å². The van der Waals surface area contributed by atoms with Crippen LogP contribution in [-0.2, 0) is 4.74 Å². The highest BCUT2D eigenvalue weighted by Crippen LogP contribution is 2.25. The van der Waals surface area contributed by atoms with Crippen LogP contribution in [0, 0.1) is 17.2 Å². The molecule has 0 aromatic carbocycles. The lowest BCUT2D eigenvalue weighted by Crippen LogP contribution is -2.47. The van der Waals surface area contributed by atoms with Crippen LogP contribution in [0.2, 0.25) is 0 Å². The summed E-state index contributed by atoms with van der Waals surface area (Å²) in [6, 6.07) is 5.74. The second kappa shape index (κ2) is 7.52. The molecule has 2 heterocycles. The van der Waals surface area contributed by atoms with Crippen molar-refractivity contribution in [1.29, 1.82) is 5.26 Å². The number of hydrogen-bond acceptors (Lipinski definition) is 5. The van der Waals surface area contributed by atoms with Gasteiger partial charge in [0.15, 0.2) is 0 Å². The molecule has 1 fully saturated rings. The Bertz CT molecular complexity index is 601. The molecule has 0 unspecified atom stereocenters. The topological polar surface area (TPSA) is 78.2 Å². The summed E-state index contributed by atoms with van der Waals surface area (Å²) in [5.74, 6) is 0.349. The van der Waals surface area contributed by atoms with Crippen molar-refractivity contribution in [2.75, 3.05) is 18.0 Å². The molecule has 0 bridgehead atoms. The normalized spacial score (nSPS) is 19.3. The van der Waals surface area contributed by atoms with Gasteiger partial charge >= 0.3 is 6.09 Å². The number of piperidine rings is 1. The molecule has 6 nitrogen and oxygen atoms in total. The average molecular weight is 330 g/mol. The van der Waals surface area contributed by atoms with Crippen molar-refractivity contribution >= 4 is 11.8 Å². The maximum atomic E-state index is 11.9. The Balaban J connectivity index is 1.94. The first-order chi connectivity index (χ1) is 11.3. The van der Waals surface area contributed by atoms with Gasteiger partial charge in [-0.15, -0.1) is 0 Å². The molecule has 1 aliphatic rings. The Morgan fingerprint density at radius 2 is 2.25 bits per heavy atom. The summed E-state index contributed by atoms with van der Waals surface area (Å²) in [6.07, 6.45) is 3.50. The third-order valence-electron chi connectivity index (χ3n) is 4.14. The van der Waals surface area contributed by atoms with Gasteiger partial charge in [-0.3, -0.25) is 0 Å². The minimum atomic E-state index is -0.490. The number of pyridine rings is 1. The van der Waals surface area contributed by atoms with Gasteiger partial charge in [0, 0.05) is 19.1 Å². The second-order valence-corrected chi connectivity index (χ2v) is 7.30.